The van der Waals surface area contributed by atoms with Gasteiger partial charge in [-0.2, -0.15) is 5.10 Å². The lowest BCUT2D eigenvalue weighted by atomic mass is 10.2. The molecule has 8 heteroatoms. The molecule has 0 saturated carbocycles. The van der Waals surface area contributed by atoms with Gasteiger partial charge in [0.1, 0.15) is 18.2 Å². The van der Waals surface area contributed by atoms with E-state index in [1.165, 1.54) is 24.3 Å². The molecule has 1 amide bonds. The zero-order valence-corrected chi connectivity index (χ0v) is 17.9. The number of benzene rings is 2. The van der Waals surface area contributed by atoms with Crippen LogP contribution in [0.15, 0.2) is 53.5 Å². The predicted molar refractivity (Wildman–Crippen MR) is 119 cm³/mol. The normalized spacial score (nSPS) is 11.2. The number of carbonyl (C=O) groups excluding carboxylic acids is 1. The first kappa shape index (κ1) is 21.4. The first-order valence-electron chi connectivity index (χ1n) is 10.1. The number of aryl methyl sites for hydroxylation is 3. The van der Waals surface area contributed by atoms with Gasteiger partial charge in [0.15, 0.2) is 0 Å². The molecular weight excluding hydrogens is 414 g/mol. The van der Waals surface area contributed by atoms with E-state index in [9.17, 15) is 18.4 Å². The summed E-state index contributed by atoms with van der Waals surface area (Å²) in [6.45, 7) is 5.32. The lowest BCUT2D eigenvalue weighted by Gasteiger charge is -2.10. The average molecular weight is 436 g/mol. The zero-order valence-electron chi connectivity index (χ0n) is 17.9. The predicted octanol–water partition coefficient (Wildman–Crippen LogP) is 4.09. The molecule has 4 aromatic rings. The molecule has 0 radical (unpaired) electrons. The number of hydrogen-bond acceptors (Lipinski definition) is 3. The fraction of sp³-hybridized carbons (Fsp3) is 0.208. The average Bonchev–Trinajstić information content (AvgIpc) is 2.99. The second kappa shape index (κ2) is 8.37. The lowest BCUT2D eigenvalue weighted by molar-refractivity contribution is -0.117. The van der Waals surface area contributed by atoms with Crippen LogP contribution in [0.25, 0.3) is 10.8 Å². The first-order valence-corrected chi connectivity index (χ1v) is 10.1. The van der Waals surface area contributed by atoms with Gasteiger partial charge in [0, 0.05) is 28.0 Å². The molecule has 4 rings (SSSR count). The number of carbonyl (C=O) groups is 1. The van der Waals surface area contributed by atoms with Crippen LogP contribution in [0.2, 0.25) is 0 Å². The quantitative estimate of drug-likeness (QED) is 0.512. The highest BCUT2D eigenvalue weighted by Crippen LogP contribution is 2.24. The number of halogens is 2. The van der Waals surface area contributed by atoms with Crippen molar-refractivity contribution in [3.63, 3.8) is 0 Å². The Morgan fingerprint density at radius 3 is 2.53 bits per heavy atom. The highest BCUT2D eigenvalue weighted by molar-refractivity contribution is 5.92. The van der Waals surface area contributed by atoms with Gasteiger partial charge < -0.3 is 9.88 Å². The zero-order chi connectivity index (χ0) is 23.0. The molecule has 1 N–H and O–H groups in total. The summed E-state index contributed by atoms with van der Waals surface area (Å²) >= 11 is 0. The minimum Gasteiger partial charge on any atom is -0.343 e. The first-order chi connectivity index (χ1) is 15.3. The van der Waals surface area contributed by atoms with Crippen LogP contribution in [0.3, 0.4) is 0 Å². The largest absolute Gasteiger partial charge is 0.343 e. The molecule has 6 nitrogen and oxygen atoms in total. The number of amides is 1. The Morgan fingerprint density at radius 1 is 1.06 bits per heavy atom. The van der Waals surface area contributed by atoms with Crippen LogP contribution in [0.5, 0.6) is 0 Å². The van der Waals surface area contributed by atoms with Gasteiger partial charge in [-0.05, 0) is 50.6 Å². The van der Waals surface area contributed by atoms with Crippen molar-refractivity contribution in [1.29, 1.82) is 0 Å². The Hall–Kier alpha value is -3.81. The summed E-state index contributed by atoms with van der Waals surface area (Å²) in [5.74, 6) is -1.16. The van der Waals surface area contributed by atoms with Gasteiger partial charge in [-0.1, -0.05) is 18.2 Å². The summed E-state index contributed by atoms with van der Waals surface area (Å²) in [4.78, 5) is 25.6. The van der Waals surface area contributed by atoms with Crippen molar-refractivity contribution in [3.8, 4) is 0 Å². The maximum Gasteiger partial charge on any atom is 0.276 e. The van der Waals surface area contributed by atoms with Crippen molar-refractivity contribution in [2.75, 3.05) is 5.32 Å². The fourth-order valence-electron chi connectivity index (χ4n) is 3.88. The van der Waals surface area contributed by atoms with E-state index >= 15 is 0 Å². The van der Waals surface area contributed by atoms with E-state index in [0.717, 1.165) is 10.4 Å². The number of nitrogens with one attached hydrogen (secondary N) is 1. The third-order valence-electron chi connectivity index (χ3n) is 5.65. The standard InChI is InChI=1S/C24H22F2N4O2/c1-14-10-18(25)8-9-21(14)28-22(31)13-30-24(32)23-16(3)29(15(2)19(23)11-27-30)12-17-6-4-5-7-20(17)26/h4-11H,12-13H2,1-3H3,(H,28,31). The highest BCUT2D eigenvalue weighted by atomic mass is 19.1. The Balaban J connectivity index is 1.65. The maximum absolute atomic E-state index is 14.2. The second-order valence-electron chi connectivity index (χ2n) is 7.75. The van der Waals surface area contributed by atoms with Crippen molar-refractivity contribution in [3.05, 3.63) is 93.2 Å². The Kier molecular flexibility index (Phi) is 5.61. The van der Waals surface area contributed by atoms with E-state index in [1.807, 2.05) is 11.5 Å². The molecule has 0 aliphatic rings. The molecule has 0 aliphatic heterocycles. The van der Waals surface area contributed by atoms with Gasteiger partial charge in [-0.15, -0.1) is 0 Å². The van der Waals surface area contributed by atoms with Gasteiger partial charge in [0.25, 0.3) is 5.56 Å². The molecule has 0 aliphatic carbocycles. The number of rotatable bonds is 5. The van der Waals surface area contributed by atoms with Crippen molar-refractivity contribution in [1.82, 2.24) is 14.3 Å². The summed E-state index contributed by atoms with van der Waals surface area (Å²) in [5, 5.41) is 7.95. The van der Waals surface area contributed by atoms with Crippen LogP contribution >= 0.6 is 0 Å². The molecule has 2 heterocycles. The van der Waals surface area contributed by atoms with Crippen LogP contribution in [0.1, 0.15) is 22.5 Å². The summed E-state index contributed by atoms with van der Waals surface area (Å²) in [6.07, 6.45) is 1.55. The summed E-state index contributed by atoms with van der Waals surface area (Å²) < 4.78 is 30.4. The minimum absolute atomic E-state index is 0.281. The Morgan fingerprint density at radius 2 is 1.81 bits per heavy atom. The highest BCUT2D eigenvalue weighted by Gasteiger charge is 2.18. The molecule has 0 atom stereocenters. The number of anilines is 1. The van der Waals surface area contributed by atoms with Crippen LogP contribution < -0.4 is 10.9 Å². The molecule has 2 aromatic heterocycles. The monoisotopic (exact) mass is 436 g/mol. The third-order valence-corrected chi connectivity index (χ3v) is 5.65. The fourth-order valence-corrected chi connectivity index (χ4v) is 3.88. The van der Waals surface area contributed by atoms with E-state index in [-0.39, 0.29) is 18.9 Å². The van der Waals surface area contributed by atoms with Crippen molar-refractivity contribution >= 4 is 22.4 Å². The third kappa shape index (κ3) is 3.91. The van der Waals surface area contributed by atoms with E-state index < -0.39 is 17.3 Å². The smallest absolute Gasteiger partial charge is 0.276 e. The lowest BCUT2D eigenvalue weighted by Crippen LogP contribution is -2.29. The molecule has 0 spiro atoms. The topological polar surface area (TPSA) is 68.9 Å². The van der Waals surface area contributed by atoms with Crippen molar-refractivity contribution in [2.45, 2.75) is 33.9 Å². The molecule has 164 valence electrons. The van der Waals surface area contributed by atoms with Gasteiger partial charge in [-0.3, -0.25) is 9.59 Å². The Bertz CT molecular complexity index is 1410. The number of fused-ring (bicyclic) bond motifs is 1. The second-order valence-corrected chi connectivity index (χ2v) is 7.75. The van der Waals surface area contributed by atoms with Crippen LogP contribution in [-0.4, -0.2) is 20.3 Å². The summed E-state index contributed by atoms with van der Waals surface area (Å²) in [6, 6.07) is 10.5. The Labute approximate surface area is 183 Å². The van der Waals surface area contributed by atoms with Crippen LogP contribution in [0.4, 0.5) is 14.5 Å². The van der Waals surface area contributed by atoms with E-state index in [4.69, 9.17) is 0 Å². The molecule has 32 heavy (non-hydrogen) atoms. The molecule has 0 saturated heterocycles. The van der Waals surface area contributed by atoms with Crippen molar-refractivity contribution in [2.24, 2.45) is 0 Å². The summed E-state index contributed by atoms with van der Waals surface area (Å²) in [7, 11) is 0. The minimum atomic E-state index is -0.450. The van der Waals surface area contributed by atoms with E-state index in [1.54, 1.807) is 38.2 Å². The number of nitrogens with zero attached hydrogens (tertiary/aromatic N) is 3. The van der Waals surface area contributed by atoms with Gasteiger partial charge in [0.05, 0.1) is 18.1 Å². The molecular formula is C24H22F2N4O2. The maximum atomic E-state index is 14.2. The SMILES string of the molecule is Cc1cc(F)ccc1NC(=O)Cn1ncc2c(C)n(Cc3ccccc3F)c(C)c2c1=O. The number of aromatic nitrogens is 3. The van der Waals surface area contributed by atoms with Crippen LogP contribution in [0, 0.1) is 32.4 Å². The van der Waals surface area contributed by atoms with Crippen LogP contribution in [-0.2, 0) is 17.9 Å². The number of hydrogen-bond donors (Lipinski definition) is 1. The molecule has 0 fully saturated rings. The molecule has 2 aromatic carbocycles. The van der Waals surface area contributed by atoms with Gasteiger partial charge in [0.2, 0.25) is 5.91 Å². The van der Waals surface area contributed by atoms with Gasteiger partial charge >= 0.3 is 0 Å². The summed E-state index contributed by atoms with van der Waals surface area (Å²) in [5.41, 5.74) is 2.63. The van der Waals surface area contributed by atoms with Gasteiger partial charge in [-0.25, -0.2) is 13.5 Å². The van der Waals surface area contributed by atoms with Crippen molar-refractivity contribution < 1.29 is 13.6 Å². The molecule has 0 unspecified atom stereocenters. The molecule has 0 bridgehead atoms. The van der Waals surface area contributed by atoms with E-state index in [2.05, 4.69) is 10.4 Å². The van der Waals surface area contributed by atoms with E-state index in [0.29, 0.717) is 33.3 Å².